The molecule has 0 aromatic heterocycles. The Balaban J connectivity index is 1.79. The third-order valence-electron chi connectivity index (χ3n) is 3.91. The monoisotopic (exact) mass is 338 g/mol. The molecule has 2 rings (SSSR count). The van der Waals surface area contributed by atoms with Gasteiger partial charge in [-0.2, -0.15) is 0 Å². The number of carbonyl (C=O) groups is 1. The van der Waals surface area contributed by atoms with Gasteiger partial charge in [0.15, 0.2) is 0 Å². The van der Waals surface area contributed by atoms with Crippen LogP contribution in [0, 0.1) is 0 Å². The topological polar surface area (TPSA) is 32.3 Å². The Morgan fingerprint density at radius 1 is 1.45 bits per heavy atom. The molecule has 1 heterocycles. The molecule has 0 bridgehead atoms. The van der Waals surface area contributed by atoms with E-state index in [-0.39, 0.29) is 0 Å². The van der Waals surface area contributed by atoms with Crippen molar-refractivity contribution in [3.8, 4) is 0 Å². The molecule has 1 amide bonds. The predicted octanol–water partition coefficient (Wildman–Crippen LogP) is 4.04. The summed E-state index contributed by atoms with van der Waals surface area (Å²) in [6, 6.07) is 8.50. The zero-order valence-electron chi connectivity index (χ0n) is 12.1. The lowest BCUT2D eigenvalue weighted by molar-refractivity contribution is -0.134. The number of hydrogen-bond donors (Lipinski definition) is 1. The summed E-state index contributed by atoms with van der Waals surface area (Å²) in [5.41, 5.74) is 1.05. The number of anilines is 1. The second-order valence-corrected chi connectivity index (χ2v) is 6.25. The van der Waals surface area contributed by atoms with Crippen LogP contribution in [0.25, 0.3) is 0 Å². The first-order valence-electron chi connectivity index (χ1n) is 7.49. The van der Waals surface area contributed by atoms with Gasteiger partial charge in [-0.05, 0) is 43.9 Å². The van der Waals surface area contributed by atoms with Crippen LogP contribution in [-0.4, -0.2) is 29.9 Å². The van der Waals surface area contributed by atoms with Crippen molar-refractivity contribution in [3.05, 3.63) is 28.7 Å². The molecule has 1 N–H and O–H groups in total. The highest BCUT2D eigenvalue weighted by Crippen LogP contribution is 2.20. The number of carbonyl (C=O) groups excluding carboxylic acids is 1. The van der Waals surface area contributed by atoms with E-state index in [9.17, 15) is 4.79 Å². The summed E-state index contributed by atoms with van der Waals surface area (Å²) >= 11 is 3.45. The number of halogens is 1. The fourth-order valence-electron chi connectivity index (χ4n) is 2.81. The van der Waals surface area contributed by atoms with Crippen LogP contribution in [0.3, 0.4) is 0 Å². The molecule has 3 nitrogen and oxygen atoms in total. The maximum Gasteiger partial charge on any atom is 0.224 e. The SMILES string of the molecule is CCC1CCCCN1C(=O)CCNc1cccc(Br)c1. The van der Waals surface area contributed by atoms with E-state index < -0.39 is 0 Å². The van der Waals surface area contributed by atoms with Crippen LogP contribution >= 0.6 is 15.9 Å². The van der Waals surface area contributed by atoms with Crippen molar-refractivity contribution < 1.29 is 4.79 Å². The van der Waals surface area contributed by atoms with Crippen molar-refractivity contribution in [2.45, 2.75) is 45.1 Å². The van der Waals surface area contributed by atoms with Gasteiger partial charge in [-0.1, -0.05) is 28.9 Å². The van der Waals surface area contributed by atoms with E-state index in [4.69, 9.17) is 0 Å². The molecule has 0 saturated carbocycles. The molecule has 1 aliphatic rings. The van der Waals surface area contributed by atoms with Gasteiger partial charge in [0.25, 0.3) is 0 Å². The molecule has 1 aromatic rings. The first-order valence-corrected chi connectivity index (χ1v) is 8.29. The van der Waals surface area contributed by atoms with Crippen LogP contribution < -0.4 is 5.32 Å². The molecule has 1 aliphatic heterocycles. The molecule has 1 atom stereocenters. The molecule has 1 saturated heterocycles. The zero-order chi connectivity index (χ0) is 14.4. The van der Waals surface area contributed by atoms with Crippen LogP contribution in [0.4, 0.5) is 5.69 Å². The maximum absolute atomic E-state index is 12.3. The number of benzene rings is 1. The first-order chi connectivity index (χ1) is 9.70. The van der Waals surface area contributed by atoms with Crippen LogP contribution in [0.2, 0.25) is 0 Å². The average molecular weight is 339 g/mol. The number of nitrogens with one attached hydrogen (secondary N) is 1. The minimum absolute atomic E-state index is 0.291. The average Bonchev–Trinajstić information content (AvgIpc) is 2.47. The summed E-state index contributed by atoms with van der Waals surface area (Å²) in [5.74, 6) is 0.291. The van der Waals surface area contributed by atoms with E-state index in [0.717, 1.165) is 29.5 Å². The van der Waals surface area contributed by atoms with Crippen LogP contribution in [0.5, 0.6) is 0 Å². The fraction of sp³-hybridized carbons (Fsp3) is 0.562. The Morgan fingerprint density at radius 3 is 3.05 bits per heavy atom. The van der Waals surface area contributed by atoms with Crippen LogP contribution in [0.1, 0.15) is 39.0 Å². The van der Waals surface area contributed by atoms with E-state index >= 15 is 0 Å². The predicted molar refractivity (Wildman–Crippen MR) is 86.9 cm³/mol. The Morgan fingerprint density at radius 2 is 2.30 bits per heavy atom. The highest BCUT2D eigenvalue weighted by molar-refractivity contribution is 9.10. The van der Waals surface area contributed by atoms with Crippen molar-refractivity contribution >= 4 is 27.5 Å². The Hall–Kier alpha value is -1.03. The molecule has 20 heavy (non-hydrogen) atoms. The highest BCUT2D eigenvalue weighted by atomic mass is 79.9. The molecular formula is C16H23BrN2O. The number of amides is 1. The van der Waals surface area contributed by atoms with Gasteiger partial charge in [0.1, 0.15) is 0 Å². The second-order valence-electron chi connectivity index (χ2n) is 5.33. The summed E-state index contributed by atoms with van der Waals surface area (Å²) in [7, 11) is 0. The number of likely N-dealkylation sites (tertiary alicyclic amines) is 1. The highest BCUT2D eigenvalue weighted by Gasteiger charge is 2.24. The van der Waals surface area contributed by atoms with Gasteiger partial charge in [-0.3, -0.25) is 4.79 Å². The van der Waals surface area contributed by atoms with Gasteiger partial charge >= 0.3 is 0 Å². The number of hydrogen-bond acceptors (Lipinski definition) is 2. The fourth-order valence-corrected chi connectivity index (χ4v) is 3.21. The molecule has 1 unspecified atom stereocenters. The summed E-state index contributed by atoms with van der Waals surface area (Å²) in [6.07, 6.45) is 5.23. The quantitative estimate of drug-likeness (QED) is 0.878. The van der Waals surface area contributed by atoms with Gasteiger partial charge in [0.05, 0.1) is 0 Å². The third kappa shape index (κ3) is 4.23. The van der Waals surface area contributed by atoms with Crippen molar-refractivity contribution in [1.29, 1.82) is 0 Å². The van der Waals surface area contributed by atoms with Crippen LogP contribution in [0.15, 0.2) is 28.7 Å². The molecule has 110 valence electrons. The van der Waals surface area contributed by atoms with Crippen molar-refractivity contribution in [1.82, 2.24) is 4.90 Å². The van der Waals surface area contributed by atoms with Gasteiger partial charge in [0, 0.05) is 35.7 Å². The lowest BCUT2D eigenvalue weighted by Gasteiger charge is -2.35. The van der Waals surface area contributed by atoms with E-state index in [2.05, 4.69) is 33.1 Å². The second kappa shape index (κ2) is 7.67. The standard InChI is InChI=1S/C16H23BrN2O/c1-2-15-8-3-4-11-19(15)16(20)9-10-18-14-7-5-6-13(17)12-14/h5-7,12,15,18H,2-4,8-11H2,1H3. The smallest absolute Gasteiger partial charge is 0.224 e. The molecule has 0 aliphatic carbocycles. The van der Waals surface area contributed by atoms with E-state index in [1.807, 2.05) is 24.3 Å². The van der Waals surface area contributed by atoms with E-state index in [1.165, 1.54) is 12.8 Å². The molecule has 0 radical (unpaired) electrons. The molecule has 0 spiro atoms. The molecular weight excluding hydrogens is 316 g/mol. The van der Waals surface area contributed by atoms with Crippen molar-refractivity contribution in [3.63, 3.8) is 0 Å². The van der Waals surface area contributed by atoms with Crippen molar-refractivity contribution in [2.75, 3.05) is 18.4 Å². The third-order valence-corrected chi connectivity index (χ3v) is 4.40. The zero-order valence-corrected chi connectivity index (χ0v) is 13.7. The molecule has 4 heteroatoms. The summed E-state index contributed by atoms with van der Waals surface area (Å²) in [4.78, 5) is 14.4. The minimum atomic E-state index is 0.291. The van der Waals surface area contributed by atoms with Gasteiger partial charge in [-0.15, -0.1) is 0 Å². The minimum Gasteiger partial charge on any atom is -0.384 e. The van der Waals surface area contributed by atoms with Crippen LogP contribution in [-0.2, 0) is 4.79 Å². The normalized spacial score (nSPS) is 18.9. The summed E-state index contributed by atoms with van der Waals surface area (Å²) in [6.45, 7) is 3.81. The summed E-state index contributed by atoms with van der Waals surface area (Å²) < 4.78 is 1.05. The van der Waals surface area contributed by atoms with Gasteiger partial charge < -0.3 is 10.2 Å². The lowest BCUT2D eigenvalue weighted by atomic mass is 9.99. The Kier molecular flexibility index (Phi) is 5.89. The van der Waals surface area contributed by atoms with Crippen molar-refractivity contribution in [2.24, 2.45) is 0 Å². The van der Waals surface area contributed by atoms with E-state index in [0.29, 0.717) is 24.9 Å². The number of nitrogens with zero attached hydrogens (tertiary/aromatic N) is 1. The van der Waals surface area contributed by atoms with Gasteiger partial charge in [0.2, 0.25) is 5.91 Å². The first kappa shape index (κ1) is 15.4. The van der Waals surface area contributed by atoms with Gasteiger partial charge in [-0.25, -0.2) is 0 Å². The van der Waals surface area contributed by atoms with E-state index in [1.54, 1.807) is 0 Å². The maximum atomic E-state index is 12.3. The Labute approximate surface area is 129 Å². The molecule has 1 aromatic carbocycles. The number of piperidine rings is 1. The summed E-state index contributed by atoms with van der Waals surface area (Å²) in [5, 5.41) is 3.31. The lowest BCUT2D eigenvalue weighted by Crippen LogP contribution is -2.43. The Bertz CT molecular complexity index is 450. The number of rotatable bonds is 5. The largest absolute Gasteiger partial charge is 0.384 e. The molecule has 1 fully saturated rings.